The van der Waals surface area contributed by atoms with Crippen LogP contribution in [0.2, 0.25) is 0 Å². The molecule has 0 heterocycles. The molecule has 0 aliphatic carbocycles. The van der Waals surface area contributed by atoms with Gasteiger partial charge in [-0.05, 0) is 38.5 Å². The van der Waals surface area contributed by atoms with Gasteiger partial charge in [-0.15, -0.1) is 0 Å². The van der Waals surface area contributed by atoms with Gasteiger partial charge in [-0.2, -0.15) is 0 Å². The van der Waals surface area contributed by atoms with Crippen LogP contribution >= 0.6 is 0 Å². The lowest BCUT2D eigenvalue weighted by Gasteiger charge is -2.18. The van der Waals surface area contributed by atoms with E-state index in [0.717, 1.165) is 70.6 Å². The van der Waals surface area contributed by atoms with E-state index < -0.39 is 6.10 Å². The van der Waals surface area contributed by atoms with E-state index in [9.17, 15) is 14.4 Å². The van der Waals surface area contributed by atoms with Gasteiger partial charge in [-0.3, -0.25) is 14.4 Å². The summed E-state index contributed by atoms with van der Waals surface area (Å²) in [4.78, 5) is 37.7. The smallest absolute Gasteiger partial charge is 0.306 e. The summed E-state index contributed by atoms with van der Waals surface area (Å²) in [6.45, 7) is 6.57. The fourth-order valence-electron chi connectivity index (χ4n) is 6.83. The Balaban J connectivity index is 4.36. The van der Waals surface area contributed by atoms with Gasteiger partial charge in [-0.25, -0.2) is 0 Å². The summed E-state index contributed by atoms with van der Waals surface area (Å²) in [5.74, 6) is -0.896. The van der Waals surface area contributed by atoms with Crippen LogP contribution in [0.25, 0.3) is 0 Å². The number of hydrogen-bond donors (Lipinski definition) is 0. The molecule has 0 spiro atoms. The Kier molecular flexibility index (Phi) is 42.9. The molecule has 6 heteroatoms. The standard InChI is InChI=1S/C49H90O6/c1-4-7-10-13-16-19-22-24-25-28-30-33-36-39-42-48(51)54-45-46(44-53-47(50)41-38-35-32-29-26-21-18-15-12-9-6-3)55-49(52)43-40-37-34-31-27-23-20-17-14-11-8-5-2/h15,18,21,26,46H,4-14,16-17,19-20,22-25,27-45H2,1-3H3/b18-15-,26-21-. The molecule has 0 aliphatic rings. The number of carbonyl (C=O) groups is 3. The number of ether oxygens (including phenoxy) is 3. The maximum atomic E-state index is 12.7. The molecule has 0 bridgehead atoms. The summed E-state index contributed by atoms with van der Waals surface area (Å²) >= 11 is 0. The van der Waals surface area contributed by atoms with Crippen molar-refractivity contribution in [2.75, 3.05) is 13.2 Å². The highest BCUT2D eigenvalue weighted by Crippen LogP contribution is 2.15. The third-order valence-corrected chi connectivity index (χ3v) is 10.5. The monoisotopic (exact) mass is 775 g/mol. The molecule has 1 atom stereocenters. The second-order valence-corrected chi connectivity index (χ2v) is 16.1. The second-order valence-electron chi connectivity index (χ2n) is 16.1. The lowest BCUT2D eigenvalue weighted by molar-refractivity contribution is -0.167. The molecule has 0 amide bonds. The van der Waals surface area contributed by atoms with Gasteiger partial charge in [-0.1, -0.05) is 218 Å². The largest absolute Gasteiger partial charge is 0.462 e. The lowest BCUT2D eigenvalue weighted by atomic mass is 10.0. The first-order valence-corrected chi connectivity index (χ1v) is 23.9. The maximum absolute atomic E-state index is 12.7. The van der Waals surface area contributed by atoms with Crippen LogP contribution in [0, 0.1) is 0 Å². The highest BCUT2D eigenvalue weighted by Gasteiger charge is 2.19. The summed E-state index contributed by atoms with van der Waals surface area (Å²) in [6.07, 6.45) is 48.7. The van der Waals surface area contributed by atoms with Gasteiger partial charge in [0.2, 0.25) is 0 Å². The molecule has 0 aliphatic heterocycles. The average molecular weight is 775 g/mol. The van der Waals surface area contributed by atoms with Gasteiger partial charge in [0.1, 0.15) is 13.2 Å². The Bertz CT molecular complexity index is 896. The van der Waals surface area contributed by atoms with E-state index in [2.05, 4.69) is 45.1 Å². The predicted molar refractivity (Wildman–Crippen MR) is 233 cm³/mol. The Morgan fingerprint density at radius 3 is 1.02 bits per heavy atom. The third kappa shape index (κ3) is 42.9. The van der Waals surface area contributed by atoms with Crippen molar-refractivity contribution in [1.82, 2.24) is 0 Å². The van der Waals surface area contributed by atoms with Gasteiger partial charge < -0.3 is 14.2 Å². The predicted octanol–water partition coefficient (Wildman–Crippen LogP) is 15.2. The fraction of sp³-hybridized carbons (Fsp3) is 0.857. The topological polar surface area (TPSA) is 78.9 Å². The van der Waals surface area contributed by atoms with E-state index in [1.54, 1.807) is 0 Å². The molecule has 0 saturated carbocycles. The molecule has 0 aromatic heterocycles. The number of unbranched alkanes of at least 4 members (excludes halogenated alkanes) is 29. The number of rotatable bonds is 43. The lowest BCUT2D eigenvalue weighted by Crippen LogP contribution is -2.30. The minimum absolute atomic E-state index is 0.0753. The van der Waals surface area contributed by atoms with Crippen molar-refractivity contribution in [1.29, 1.82) is 0 Å². The highest BCUT2D eigenvalue weighted by molar-refractivity contribution is 5.71. The molecule has 0 fully saturated rings. The van der Waals surface area contributed by atoms with Crippen LogP contribution in [-0.4, -0.2) is 37.2 Å². The number of esters is 3. The molecule has 6 nitrogen and oxygen atoms in total. The van der Waals surface area contributed by atoms with Gasteiger partial charge in [0, 0.05) is 19.3 Å². The van der Waals surface area contributed by atoms with E-state index in [1.807, 2.05) is 0 Å². The zero-order valence-electron chi connectivity index (χ0n) is 36.7. The van der Waals surface area contributed by atoms with E-state index in [4.69, 9.17) is 14.2 Å². The first-order valence-electron chi connectivity index (χ1n) is 23.9. The van der Waals surface area contributed by atoms with E-state index in [-0.39, 0.29) is 31.1 Å². The Hall–Kier alpha value is -2.11. The van der Waals surface area contributed by atoms with Crippen molar-refractivity contribution >= 4 is 17.9 Å². The molecular formula is C49H90O6. The van der Waals surface area contributed by atoms with Gasteiger partial charge in [0.15, 0.2) is 6.10 Å². The summed E-state index contributed by atoms with van der Waals surface area (Å²) in [7, 11) is 0. The Morgan fingerprint density at radius 2 is 0.655 bits per heavy atom. The fourth-order valence-corrected chi connectivity index (χ4v) is 6.83. The molecule has 0 N–H and O–H groups in total. The van der Waals surface area contributed by atoms with Crippen molar-refractivity contribution in [3.05, 3.63) is 24.3 Å². The summed E-state index contributed by atoms with van der Waals surface area (Å²) in [6, 6.07) is 0. The highest BCUT2D eigenvalue weighted by atomic mass is 16.6. The molecule has 1 unspecified atom stereocenters. The number of allylic oxidation sites excluding steroid dienone is 4. The Labute approximate surface area is 341 Å². The van der Waals surface area contributed by atoms with E-state index >= 15 is 0 Å². The Morgan fingerprint density at radius 1 is 0.364 bits per heavy atom. The molecule has 0 aromatic rings. The van der Waals surface area contributed by atoms with Crippen LogP contribution in [0.5, 0.6) is 0 Å². The molecule has 0 rings (SSSR count). The third-order valence-electron chi connectivity index (χ3n) is 10.5. The molecule has 55 heavy (non-hydrogen) atoms. The van der Waals surface area contributed by atoms with Crippen LogP contribution in [-0.2, 0) is 28.6 Å². The SMILES string of the molecule is CCCC/C=C\C=C/CCCCCC(=O)OCC(COC(=O)CCCCCCCCCCCCCCCC)OC(=O)CCCCCCCCCCCCCC. The van der Waals surface area contributed by atoms with E-state index in [1.165, 1.54) is 141 Å². The molecule has 0 radical (unpaired) electrons. The first-order chi connectivity index (χ1) is 27.0. The average Bonchev–Trinajstić information content (AvgIpc) is 3.18. The number of hydrogen-bond acceptors (Lipinski definition) is 6. The van der Waals surface area contributed by atoms with Gasteiger partial charge >= 0.3 is 17.9 Å². The zero-order chi connectivity index (χ0) is 40.1. The summed E-state index contributed by atoms with van der Waals surface area (Å²) < 4.78 is 16.7. The number of carbonyl (C=O) groups excluding carboxylic acids is 3. The van der Waals surface area contributed by atoms with Crippen LogP contribution in [0.15, 0.2) is 24.3 Å². The summed E-state index contributed by atoms with van der Waals surface area (Å²) in [5, 5.41) is 0. The molecular weight excluding hydrogens is 685 g/mol. The van der Waals surface area contributed by atoms with Crippen molar-refractivity contribution in [3.8, 4) is 0 Å². The minimum Gasteiger partial charge on any atom is -0.462 e. The minimum atomic E-state index is -0.774. The van der Waals surface area contributed by atoms with Crippen LogP contribution in [0.1, 0.15) is 252 Å². The van der Waals surface area contributed by atoms with Crippen molar-refractivity contribution in [3.63, 3.8) is 0 Å². The first kappa shape index (κ1) is 52.9. The second kappa shape index (κ2) is 44.6. The molecule has 0 saturated heterocycles. The molecule has 322 valence electrons. The van der Waals surface area contributed by atoms with Gasteiger partial charge in [0.25, 0.3) is 0 Å². The van der Waals surface area contributed by atoms with E-state index in [0.29, 0.717) is 19.3 Å². The van der Waals surface area contributed by atoms with Crippen LogP contribution < -0.4 is 0 Å². The quantitative estimate of drug-likeness (QED) is 0.0266. The van der Waals surface area contributed by atoms with Crippen molar-refractivity contribution in [2.24, 2.45) is 0 Å². The van der Waals surface area contributed by atoms with Gasteiger partial charge in [0.05, 0.1) is 0 Å². The zero-order valence-corrected chi connectivity index (χ0v) is 36.7. The van der Waals surface area contributed by atoms with Crippen LogP contribution in [0.3, 0.4) is 0 Å². The van der Waals surface area contributed by atoms with Crippen LogP contribution in [0.4, 0.5) is 0 Å². The normalized spacial score (nSPS) is 12.1. The summed E-state index contributed by atoms with van der Waals surface area (Å²) in [5.41, 5.74) is 0. The van der Waals surface area contributed by atoms with Crippen molar-refractivity contribution < 1.29 is 28.6 Å². The van der Waals surface area contributed by atoms with Crippen molar-refractivity contribution in [2.45, 2.75) is 258 Å². The maximum Gasteiger partial charge on any atom is 0.306 e. The molecule has 0 aromatic carbocycles.